The molecule has 0 spiro atoms. The summed E-state index contributed by atoms with van der Waals surface area (Å²) in [5.74, 6) is -0.775. The molecule has 1 heterocycles. The summed E-state index contributed by atoms with van der Waals surface area (Å²) in [7, 11) is 0. The molecule has 1 rings (SSSR count). The van der Waals surface area contributed by atoms with Crippen molar-refractivity contribution >= 4 is 28.9 Å². The predicted octanol–water partition coefficient (Wildman–Crippen LogP) is 0.547. The van der Waals surface area contributed by atoms with E-state index in [2.05, 4.69) is 0 Å². The first-order chi connectivity index (χ1) is 6.11. The second-order valence-electron chi connectivity index (χ2n) is 2.55. The van der Waals surface area contributed by atoms with Gasteiger partial charge in [-0.15, -0.1) is 0 Å². The van der Waals surface area contributed by atoms with Crippen LogP contribution in [-0.4, -0.2) is 39.4 Å². The van der Waals surface area contributed by atoms with E-state index in [-0.39, 0.29) is 24.1 Å². The molecule has 2 amide bonds. The number of amides is 2. The Balaban J connectivity index is 2.49. The molecule has 0 aromatic heterocycles. The Morgan fingerprint density at radius 1 is 1.54 bits per heavy atom. The summed E-state index contributed by atoms with van der Waals surface area (Å²) in [4.78, 5) is 33.4. The van der Waals surface area contributed by atoms with Crippen molar-refractivity contribution in [2.45, 2.75) is 12.8 Å². The third-order valence-electron chi connectivity index (χ3n) is 1.61. The number of carbonyl (C=O) groups excluding carboxylic acids is 2. The Labute approximate surface area is 79.1 Å². The zero-order valence-electron chi connectivity index (χ0n) is 6.86. The van der Waals surface area contributed by atoms with Gasteiger partial charge in [0, 0.05) is 18.7 Å². The number of thioether (sulfide) groups is 1. The van der Waals surface area contributed by atoms with E-state index in [9.17, 15) is 14.4 Å². The van der Waals surface area contributed by atoms with Gasteiger partial charge in [0.2, 0.25) is 5.91 Å². The minimum Gasteiger partial charge on any atom is -0.481 e. The summed E-state index contributed by atoms with van der Waals surface area (Å²) in [5.41, 5.74) is 0. The van der Waals surface area contributed by atoms with E-state index < -0.39 is 5.97 Å². The van der Waals surface area contributed by atoms with Gasteiger partial charge in [0.25, 0.3) is 5.24 Å². The van der Waals surface area contributed by atoms with Crippen molar-refractivity contribution in [1.82, 2.24) is 4.90 Å². The molecule has 1 fully saturated rings. The number of imide groups is 1. The molecule has 6 heteroatoms. The molecule has 13 heavy (non-hydrogen) atoms. The van der Waals surface area contributed by atoms with Gasteiger partial charge in [-0.2, -0.15) is 0 Å². The van der Waals surface area contributed by atoms with Crippen LogP contribution in [0.4, 0.5) is 4.79 Å². The lowest BCUT2D eigenvalue weighted by molar-refractivity contribution is -0.137. The topological polar surface area (TPSA) is 74.7 Å². The lowest BCUT2D eigenvalue weighted by Crippen LogP contribution is -2.39. The SMILES string of the molecule is O=C(O)CCN1C(=O)CCSC1=O. The largest absolute Gasteiger partial charge is 0.481 e. The van der Waals surface area contributed by atoms with Gasteiger partial charge in [0.1, 0.15) is 0 Å². The summed E-state index contributed by atoms with van der Waals surface area (Å²) < 4.78 is 0. The maximum absolute atomic E-state index is 11.1. The van der Waals surface area contributed by atoms with E-state index in [0.29, 0.717) is 12.2 Å². The lowest BCUT2D eigenvalue weighted by Gasteiger charge is -2.23. The minimum absolute atomic E-state index is 0.0139. The second-order valence-corrected chi connectivity index (χ2v) is 3.60. The molecule has 0 saturated carbocycles. The van der Waals surface area contributed by atoms with E-state index >= 15 is 0 Å². The molecule has 0 aliphatic carbocycles. The van der Waals surface area contributed by atoms with Crippen molar-refractivity contribution in [2.75, 3.05) is 12.3 Å². The Hall–Kier alpha value is -1.04. The van der Waals surface area contributed by atoms with Gasteiger partial charge >= 0.3 is 5.97 Å². The highest BCUT2D eigenvalue weighted by Crippen LogP contribution is 2.18. The zero-order chi connectivity index (χ0) is 9.84. The van der Waals surface area contributed by atoms with Gasteiger partial charge in [0.15, 0.2) is 0 Å². The monoisotopic (exact) mass is 203 g/mol. The van der Waals surface area contributed by atoms with E-state index in [1.54, 1.807) is 0 Å². The molecular formula is C7H9NO4S. The van der Waals surface area contributed by atoms with Crippen molar-refractivity contribution in [3.63, 3.8) is 0 Å². The highest BCUT2D eigenvalue weighted by atomic mass is 32.2. The first kappa shape index (κ1) is 10.0. The van der Waals surface area contributed by atoms with Crippen molar-refractivity contribution in [3.05, 3.63) is 0 Å². The molecule has 1 aliphatic rings. The van der Waals surface area contributed by atoms with Gasteiger partial charge < -0.3 is 5.11 Å². The minimum atomic E-state index is -1.00. The zero-order valence-corrected chi connectivity index (χ0v) is 7.67. The normalized spacial score (nSPS) is 17.7. The standard InChI is InChI=1S/C7H9NO4S/c9-5-2-4-13-7(12)8(5)3-1-6(10)11/h1-4H2,(H,10,11). The van der Waals surface area contributed by atoms with Gasteiger partial charge in [-0.1, -0.05) is 11.8 Å². The highest BCUT2D eigenvalue weighted by molar-refractivity contribution is 8.13. The first-order valence-electron chi connectivity index (χ1n) is 3.80. The predicted molar refractivity (Wildman–Crippen MR) is 46.4 cm³/mol. The molecule has 0 aromatic rings. The van der Waals surface area contributed by atoms with Crippen LogP contribution in [-0.2, 0) is 9.59 Å². The molecule has 1 aliphatic heterocycles. The molecular weight excluding hydrogens is 194 g/mol. The molecule has 0 unspecified atom stereocenters. The highest BCUT2D eigenvalue weighted by Gasteiger charge is 2.26. The molecule has 72 valence electrons. The molecule has 5 nitrogen and oxygen atoms in total. The van der Waals surface area contributed by atoms with Crippen molar-refractivity contribution in [3.8, 4) is 0 Å². The molecule has 1 saturated heterocycles. The van der Waals surface area contributed by atoms with E-state index in [4.69, 9.17) is 5.11 Å². The molecule has 0 bridgehead atoms. The summed E-state index contributed by atoms with van der Waals surface area (Å²) in [6.07, 6.45) is 0.133. The fourth-order valence-electron chi connectivity index (χ4n) is 0.964. The third kappa shape index (κ3) is 2.73. The van der Waals surface area contributed by atoms with Crippen LogP contribution in [0.2, 0.25) is 0 Å². The van der Waals surface area contributed by atoms with Crippen LogP contribution >= 0.6 is 11.8 Å². The fourth-order valence-corrected chi connectivity index (χ4v) is 1.76. The number of aliphatic carboxylic acids is 1. The van der Waals surface area contributed by atoms with Crippen LogP contribution in [0.25, 0.3) is 0 Å². The van der Waals surface area contributed by atoms with Gasteiger partial charge in [-0.3, -0.25) is 19.3 Å². The average molecular weight is 203 g/mol. The summed E-state index contributed by atoms with van der Waals surface area (Å²) in [6.45, 7) is -0.0139. The van der Waals surface area contributed by atoms with Crippen LogP contribution in [0.3, 0.4) is 0 Å². The van der Waals surface area contributed by atoms with Crippen LogP contribution in [0, 0.1) is 0 Å². The lowest BCUT2D eigenvalue weighted by atomic mass is 10.3. The number of carbonyl (C=O) groups is 3. The van der Waals surface area contributed by atoms with Gasteiger partial charge in [0.05, 0.1) is 6.42 Å². The Bertz CT molecular complexity index is 237. The van der Waals surface area contributed by atoms with Crippen molar-refractivity contribution in [1.29, 1.82) is 0 Å². The molecule has 0 aromatic carbocycles. The maximum Gasteiger partial charge on any atom is 0.305 e. The number of nitrogens with zero attached hydrogens (tertiary/aromatic N) is 1. The summed E-state index contributed by atoms with van der Waals surface area (Å²) in [6, 6.07) is 0. The number of carboxylic acids is 1. The van der Waals surface area contributed by atoms with Crippen LogP contribution in [0.5, 0.6) is 0 Å². The molecule has 1 N–H and O–H groups in total. The smallest absolute Gasteiger partial charge is 0.305 e. The van der Waals surface area contributed by atoms with E-state index in [1.807, 2.05) is 0 Å². The fraction of sp³-hybridized carbons (Fsp3) is 0.571. The van der Waals surface area contributed by atoms with Crippen molar-refractivity contribution in [2.24, 2.45) is 0 Å². The van der Waals surface area contributed by atoms with Crippen molar-refractivity contribution < 1.29 is 19.5 Å². The Morgan fingerprint density at radius 3 is 2.77 bits per heavy atom. The van der Waals surface area contributed by atoms with Crippen LogP contribution in [0.15, 0.2) is 0 Å². The number of rotatable bonds is 3. The summed E-state index contributed by atoms with van der Waals surface area (Å²) in [5, 5.41) is 8.02. The van der Waals surface area contributed by atoms with Crippen LogP contribution < -0.4 is 0 Å². The van der Waals surface area contributed by atoms with Gasteiger partial charge in [-0.25, -0.2) is 0 Å². The van der Waals surface area contributed by atoms with Gasteiger partial charge in [-0.05, 0) is 0 Å². The Morgan fingerprint density at radius 2 is 2.23 bits per heavy atom. The second kappa shape index (κ2) is 4.27. The number of hydrogen-bond donors (Lipinski definition) is 1. The van der Waals surface area contributed by atoms with Crippen LogP contribution in [0.1, 0.15) is 12.8 Å². The molecule has 0 radical (unpaired) electrons. The maximum atomic E-state index is 11.1. The third-order valence-corrected chi connectivity index (χ3v) is 2.49. The molecule has 0 atom stereocenters. The quantitative estimate of drug-likeness (QED) is 0.724. The summed E-state index contributed by atoms with van der Waals surface area (Å²) >= 11 is 1.05. The van der Waals surface area contributed by atoms with E-state index in [1.165, 1.54) is 0 Å². The van der Waals surface area contributed by atoms with E-state index in [0.717, 1.165) is 16.7 Å². The Kier molecular flexibility index (Phi) is 3.30. The first-order valence-corrected chi connectivity index (χ1v) is 4.78. The number of hydrogen-bond acceptors (Lipinski definition) is 4. The number of carboxylic acid groups (broad SMARTS) is 1. The average Bonchev–Trinajstić information content (AvgIpc) is 2.03.